The third-order valence-corrected chi connectivity index (χ3v) is 3.05. The van der Waals surface area contributed by atoms with Crippen LogP contribution in [0.3, 0.4) is 0 Å². The first-order valence-corrected chi connectivity index (χ1v) is 6.03. The van der Waals surface area contributed by atoms with Crippen molar-refractivity contribution < 1.29 is 9.53 Å². The zero-order valence-electron chi connectivity index (χ0n) is 10.1. The number of rotatable bonds is 4. The maximum atomic E-state index is 11.6. The number of hydrogen-bond donors (Lipinski definition) is 0. The predicted molar refractivity (Wildman–Crippen MR) is 60.6 cm³/mol. The van der Waals surface area contributed by atoms with Crippen molar-refractivity contribution in [2.45, 2.75) is 39.2 Å². The van der Waals surface area contributed by atoms with E-state index in [1.165, 1.54) is 0 Å². The van der Waals surface area contributed by atoms with Gasteiger partial charge in [-0.2, -0.15) is 5.26 Å². The Morgan fingerprint density at radius 2 is 2.38 bits per heavy atom. The second kappa shape index (κ2) is 6.49. The van der Waals surface area contributed by atoms with Crippen LogP contribution in [-0.2, 0) is 9.53 Å². The Kier molecular flexibility index (Phi) is 5.27. The molecule has 1 saturated heterocycles. The lowest BCUT2D eigenvalue weighted by Gasteiger charge is -2.33. The fourth-order valence-corrected chi connectivity index (χ4v) is 2.17. The van der Waals surface area contributed by atoms with Crippen LogP contribution in [0, 0.1) is 17.2 Å². The SMILES string of the molecule is CCOC(=O)[C@@H]1CCCN(C(C#N)CC)C1. The highest BCUT2D eigenvalue weighted by Gasteiger charge is 2.29. The van der Waals surface area contributed by atoms with Crippen molar-refractivity contribution in [3.63, 3.8) is 0 Å². The maximum Gasteiger partial charge on any atom is 0.310 e. The summed E-state index contributed by atoms with van der Waals surface area (Å²) < 4.78 is 5.03. The second-order valence-electron chi connectivity index (χ2n) is 4.14. The van der Waals surface area contributed by atoms with Gasteiger partial charge < -0.3 is 4.74 Å². The van der Waals surface area contributed by atoms with Crippen LogP contribution < -0.4 is 0 Å². The van der Waals surface area contributed by atoms with Crippen LogP contribution in [0.25, 0.3) is 0 Å². The molecule has 1 rings (SSSR count). The van der Waals surface area contributed by atoms with Crippen molar-refractivity contribution in [1.29, 1.82) is 5.26 Å². The van der Waals surface area contributed by atoms with Gasteiger partial charge in [0.15, 0.2) is 0 Å². The fourth-order valence-electron chi connectivity index (χ4n) is 2.17. The summed E-state index contributed by atoms with van der Waals surface area (Å²) in [5, 5.41) is 9.00. The third kappa shape index (κ3) is 3.21. The van der Waals surface area contributed by atoms with Gasteiger partial charge in [0.2, 0.25) is 0 Å². The summed E-state index contributed by atoms with van der Waals surface area (Å²) in [4.78, 5) is 13.7. The monoisotopic (exact) mass is 224 g/mol. The molecule has 2 atom stereocenters. The molecule has 1 fully saturated rings. The lowest BCUT2D eigenvalue weighted by Crippen LogP contribution is -2.44. The Balaban J connectivity index is 2.53. The van der Waals surface area contributed by atoms with Gasteiger partial charge in [-0.1, -0.05) is 6.92 Å². The molecular formula is C12H20N2O2. The molecule has 0 amide bonds. The zero-order valence-corrected chi connectivity index (χ0v) is 10.1. The van der Waals surface area contributed by atoms with Gasteiger partial charge in [0.05, 0.1) is 24.6 Å². The van der Waals surface area contributed by atoms with E-state index in [0.29, 0.717) is 13.2 Å². The van der Waals surface area contributed by atoms with Crippen LogP contribution in [-0.4, -0.2) is 36.6 Å². The quantitative estimate of drug-likeness (QED) is 0.680. The lowest BCUT2D eigenvalue weighted by molar-refractivity contribution is -0.150. The van der Waals surface area contributed by atoms with Crippen LogP contribution >= 0.6 is 0 Å². The van der Waals surface area contributed by atoms with Crippen molar-refractivity contribution in [2.24, 2.45) is 5.92 Å². The highest BCUT2D eigenvalue weighted by atomic mass is 16.5. The van der Waals surface area contributed by atoms with Crippen LogP contribution in [0.1, 0.15) is 33.1 Å². The number of ether oxygens (including phenoxy) is 1. The highest BCUT2D eigenvalue weighted by Crippen LogP contribution is 2.20. The van der Waals surface area contributed by atoms with Crippen LogP contribution in [0.15, 0.2) is 0 Å². The first kappa shape index (κ1) is 13.0. The number of carbonyl (C=O) groups excluding carboxylic acids is 1. The first-order chi connectivity index (χ1) is 7.72. The van der Waals surface area contributed by atoms with E-state index >= 15 is 0 Å². The topological polar surface area (TPSA) is 53.3 Å². The number of carbonyl (C=O) groups is 1. The summed E-state index contributed by atoms with van der Waals surface area (Å²) in [5.41, 5.74) is 0. The second-order valence-corrected chi connectivity index (χ2v) is 4.14. The van der Waals surface area contributed by atoms with E-state index in [1.54, 1.807) is 0 Å². The summed E-state index contributed by atoms with van der Waals surface area (Å²) in [6.07, 6.45) is 2.67. The van der Waals surface area contributed by atoms with E-state index in [4.69, 9.17) is 10.00 Å². The first-order valence-electron chi connectivity index (χ1n) is 6.03. The molecule has 0 saturated carbocycles. The number of likely N-dealkylation sites (tertiary alicyclic amines) is 1. The normalized spacial score (nSPS) is 23.4. The van der Waals surface area contributed by atoms with E-state index in [-0.39, 0.29) is 17.9 Å². The Bertz CT molecular complexity index is 273. The van der Waals surface area contributed by atoms with Gasteiger partial charge >= 0.3 is 5.97 Å². The van der Waals surface area contributed by atoms with Gasteiger partial charge in [-0.3, -0.25) is 9.69 Å². The van der Waals surface area contributed by atoms with Gasteiger partial charge in [0, 0.05) is 6.54 Å². The molecule has 0 aromatic rings. The molecule has 0 aromatic carbocycles. The number of nitrogens with zero attached hydrogens (tertiary/aromatic N) is 2. The molecule has 1 aliphatic rings. The molecule has 1 heterocycles. The van der Waals surface area contributed by atoms with Crippen molar-refractivity contribution >= 4 is 5.97 Å². The molecule has 90 valence electrons. The van der Waals surface area contributed by atoms with Crippen LogP contribution in [0.2, 0.25) is 0 Å². The summed E-state index contributed by atoms with van der Waals surface area (Å²) in [7, 11) is 0. The van der Waals surface area contributed by atoms with Crippen molar-refractivity contribution in [2.75, 3.05) is 19.7 Å². The average Bonchev–Trinajstić information content (AvgIpc) is 2.31. The maximum absolute atomic E-state index is 11.6. The summed E-state index contributed by atoms with van der Waals surface area (Å²) in [5.74, 6) is -0.156. The van der Waals surface area contributed by atoms with Gasteiger partial charge in [-0.05, 0) is 32.7 Å². The molecule has 16 heavy (non-hydrogen) atoms. The standard InChI is InChI=1S/C12H20N2O2/c1-3-11(8-13)14-7-5-6-10(9-14)12(15)16-4-2/h10-11H,3-7,9H2,1-2H3/t10-,11?/m1/s1. The molecule has 0 aromatic heterocycles. The minimum absolute atomic E-state index is 0.0453. The minimum Gasteiger partial charge on any atom is -0.466 e. The van der Waals surface area contributed by atoms with Crippen molar-refractivity contribution in [3.05, 3.63) is 0 Å². The molecule has 4 heteroatoms. The molecule has 0 spiro atoms. The van der Waals surface area contributed by atoms with Gasteiger partial charge in [0.25, 0.3) is 0 Å². The third-order valence-electron chi connectivity index (χ3n) is 3.05. The smallest absolute Gasteiger partial charge is 0.310 e. The van der Waals surface area contributed by atoms with E-state index < -0.39 is 0 Å². The fraction of sp³-hybridized carbons (Fsp3) is 0.833. The Hall–Kier alpha value is -1.08. The van der Waals surface area contributed by atoms with Crippen molar-refractivity contribution in [1.82, 2.24) is 4.90 Å². The molecule has 0 radical (unpaired) electrons. The Morgan fingerprint density at radius 1 is 1.62 bits per heavy atom. The van der Waals surface area contributed by atoms with E-state index in [2.05, 4.69) is 11.0 Å². The van der Waals surface area contributed by atoms with Crippen LogP contribution in [0.5, 0.6) is 0 Å². The Labute approximate surface area is 97.2 Å². The summed E-state index contributed by atoms with van der Waals surface area (Å²) in [6, 6.07) is 2.23. The van der Waals surface area contributed by atoms with Gasteiger partial charge in [-0.15, -0.1) is 0 Å². The average molecular weight is 224 g/mol. The zero-order chi connectivity index (χ0) is 12.0. The van der Waals surface area contributed by atoms with Crippen molar-refractivity contribution in [3.8, 4) is 6.07 Å². The molecule has 0 aliphatic carbocycles. The van der Waals surface area contributed by atoms with Crippen LogP contribution in [0.4, 0.5) is 0 Å². The predicted octanol–water partition coefficient (Wildman–Crippen LogP) is 1.56. The number of hydrogen-bond acceptors (Lipinski definition) is 4. The van der Waals surface area contributed by atoms with E-state index in [0.717, 1.165) is 25.8 Å². The molecule has 4 nitrogen and oxygen atoms in total. The van der Waals surface area contributed by atoms with Gasteiger partial charge in [0.1, 0.15) is 0 Å². The number of esters is 1. The molecule has 0 N–H and O–H groups in total. The summed E-state index contributed by atoms with van der Waals surface area (Å²) >= 11 is 0. The molecule has 0 bridgehead atoms. The number of piperidine rings is 1. The van der Waals surface area contributed by atoms with E-state index in [1.807, 2.05) is 13.8 Å². The summed E-state index contributed by atoms with van der Waals surface area (Å²) in [6.45, 7) is 5.85. The largest absolute Gasteiger partial charge is 0.466 e. The Morgan fingerprint density at radius 3 is 2.94 bits per heavy atom. The lowest BCUT2D eigenvalue weighted by atomic mass is 9.96. The van der Waals surface area contributed by atoms with E-state index in [9.17, 15) is 4.79 Å². The number of nitriles is 1. The molecular weight excluding hydrogens is 204 g/mol. The highest BCUT2D eigenvalue weighted by molar-refractivity contribution is 5.72. The van der Waals surface area contributed by atoms with Gasteiger partial charge in [-0.25, -0.2) is 0 Å². The molecule has 1 unspecified atom stereocenters. The minimum atomic E-state index is -0.111. The molecule has 1 aliphatic heterocycles.